The molecule has 0 atom stereocenters. The monoisotopic (exact) mass is 498 g/mol. The molecule has 10 nitrogen and oxygen atoms in total. The number of nitro benzene ring substituents is 1. The predicted molar refractivity (Wildman–Crippen MR) is 131 cm³/mol. The van der Waals surface area contributed by atoms with Crippen LogP contribution in [-0.4, -0.2) is 53.5 Å². The van der Waals surface area contributed by atoms with Crippen molar-refractivity contribution in [2.45, 2.75) is 31.2 Å². The van der Waals surface area contributed by atoms with Gasteiger partial charge in [-0.05, 0) is 30.9 Å². The Morgan fingerprint density at radius 3 is 2.54 bits per heavy atom. The maximum Gasteiger partial charge on any atom is 0.271 e. The number of nitrogens with one attached hydrogen (secondary N) is 1. The number of sulfone groups is 1. The fourth-order valence-electron chi connectivity index (χ4n) is 4.24. The predicted octanol–water partition coefficient (Wildman–Crippen LogP) is 3.22. The maximum atomic E-state index is 13.2. The van der Waals surface area contributed by atoms with Crippen LogP contribution in [-0.2, 0) is 26.0 Å². The molecule has 1 N–H and O–H groups in total. The number of para-hydroxylation sites is 1. The Bertz CT molecular complexity index is 1390. The summed E-state index contributed by atoms with van der Waals surface area (Å²) in [5.74, 6) is -1.16. The van der Waals surface area contributed by atoms with Gasteiger partial charge in [0.25, 0.3) is 5.69 Å². The number of likely N-dealkylation sites (tertiary alicyclic amines) is 1. The van der Waals surface area contributed by atoms with Crippen molar-refractivity contribution in [2.75, 3.05) is 24.2 Å². The second-order valence-corrected chi connectivity index (χ2v) is 10.8. The summed E-state index contributed by atoms with van der Waals surface area (Å²) in [5.41, 5.74) is 0.494. The molecule has 1 aliphatic rings. The van der Waals surface area contributed by atoms with Crippen molar-refractivity contribution in [1.29, 1.82) is 0 Å². The van der Waals surface area contributed by atoms with Crippen LogP contribution in [0.4, 0.5) is 11.4 Å². The van der Waals surface area contributed by atoms with Crippen molar-refractivity contribution in [3.05, 3.63) is 64.8 Å². The van der Waals surface area contributed by atoms with Gasteiger partial charge in [0.05, 0.1) is 9.82 Å². The Labute approximate surface area is 202 Å². The average Bonchev–Trinajstić information content (AvgIpc) is 3.18. The van der Waals surface area contributed by atoms with Crippen LogP contribution in [0.2, 0.25) is 0 Å². The van der Waals surface area contributed by atoms with Gasteiger partial charge in [0.15, 0.2) is 9.84 Å². The molecule has 1 aliphatic heterocycles. The Hall–Kier alpha value is -3.73. The molecule has 184 valence electrons. The molecule has 2 heterocycles. The van der Waals surface area contributed by atoms with Gasteiger partial charge in [-0.1, -0.05) is 31.2 Å². The molecule has 0 saturated carbocycles. The lowest BCUT2D eigenvalue weighted by Gasteiger charge is -2.30. The van der Waals surface area contributed by atoms with Crippen LogP contribution >= 0.6 is 0 Å². The lowest BCUT2D eigenvalue weighted by molar-refractivity contribution is -0.384. The number of benzene rings is 2. The SMILES string of the molecule is CC1CCN(C(=O)Cn2cc(S(=O)(=O)CC(=O)Nc3cccc([N+](=O)[O-])c3)c3ccccc32)CC1. The number of rotatable bonds is 7. The fraction of sp³-hybridized carbons (Fsp3) is 0.333. The molecule has 2 amide bonds. The van der Waals surface area contributed by atoms with Crippen LogP contribution < -0.4 is 5.32 Å². The summed E-state index contributed by atoms with van der Waals surface area (Å²) in [4.78, 5) is 37.5. The zero-order valence-electron chi connectivity index (χ0n) is 19.2. The number of carbonyl (C=O) groups is 2. The van der Waals surface area contributed by atoms with Crippen molar-refractivity contribution in [3.8, 4) is 0 Å². The number of carbonyl (C=O) groups excluding carboxylic acids is 2. The first-order valence-corrected chi connectivity index (χ1v) is 12.9. The molecular formula is C24H26N4O6S. The second kappa shape index (κ2) is 9.87. The fourth-order valence-corrected chi connectivity index (χ4v) is 5.61. The molecule has 1 fully saturated rings. The lowest BCUT2D eigenvalue weighted by Crippen LogP contribution is -2.39. The van der Waals surface area contributed by atoms with Gasteiger partial charge >= 0.3 is 0 Å². The normalized spacial score (nSPS) is 14.7. The number of hydrogen-bond donors (Lipinski definition) is 1. The van der Waals surface area contributed by atoms with Gasteiger partial charge in [0.2, 0.25) is 11.8 Å². The van der Waals surface area contributed by atoms with E-state index in [9.17, 15) is 28.1 Å². The Morgan fingerprint density at radius 2 is 1.83 bits per heavy atom. The van der Waals surface area contributed by atoms with Crippen molar-refractivity contribution in [1.82, 2.24) is 9.47 Å². The molecule has 0 aliphatic carbocycles. The summed E-state index contributed by atoms with van der Waals surface area (Å²) >= 11 is 0. The quantitative estimate of drug-likeness (QED) is 0.393. The van der Waals surface area contributed by atoms with Gasteiger partial charge in [0.1, 0.15) is 12.3 Å². The summed E-state index contributed by atoms with van der Waals surface area (Å²) in [7, 11) is -4.07. The van der Waals surface area contributed by atoms with Crippen molar-refractivity contribution < 1.29 is 22.9 Å². The first kappa shape index (κ1) is 24.4. The van der Waals surface area contributed by atoms with Crippen LogP contribution in [0.5, 0.6) is 0 Å². The number of aromatic nitrogens is 1. The highest BCUT2D eigenvalue weighted by Crippen LogP contribution is 2.27. The largest absolute Gasteiger partial charge is 0.341 e. The molecule has 0 bridgehead atoms. The third-order valence-electron chi connectivity index (χ3n) is 6.19. The van der Waals surface area contributed by atoms with Gasteiger partial charge in [-0.25, -0.2) is 8.42 Å². The minimum absolute atomic E-state index is 0.00426. The Morgan fingerprint density at radius 1 is 1.11 bits per heavy atom. The Kier molecular flexibility index (Phi) is 6.88. The molecule has 2 aromatic carbocycles. The summed E-state index contributed by atoms with van der Waals surface area (Å²) < 4.78 is 28.0. The third-order valence-corrected chi connectivity index (χ3v) is 7.83. The van der Waals surface area contributed by atoms with Gasteiger partial charge < -0.3 is 14.8 Å². The van der Waals surface area contributed by atoms with E-state index in [4.69, 9.17) is 0 Å². The molecular weight excluding hydrogens is 472 g/mol. The molecule has 0 spiro atoms. The van der Waals surface area contributed by atoms with Crippen LogP contribution in [0.1, 0.15) is 19.8 Å². The van der Waals surface area contributed by atoms with E-state index in [1.165, 1.54) is 24.4 Å². The van der Waals surface area contributed by atoms with Crippen LogP contribution in [0, 0.1) is 16.0 Å². The molecule has 35 heavy (non-hydrogen) atoms. The number of amides is 2. The zero-order chi connectivity index (χ0) is 25.2. The molecule has 0 radical (unpaired) electrons. The van der Waals surface area contributed by atoms with Crippen molar-refractivity contribution in [3.63, 3.8) is 0 Å². The van der Waals surface area contributed by atoms with Crippen molar-refractivity contribution >= 4 is 43.9 Å². The molecule has 3 aromatic rings. The van der Waals surface area contributed by atoms with Gasteiger partial charge in [0, 0.05) is 48.0 Å². The number of nitrogens with zero attached hydrogens (tertiary/aromatic N) is 3. The first-order chi connectivity index (χ1) is 16.6. The zero-order valence-corrected chi connectivity index (χ0v) is 20.0. The third kappa shape index (κ3) is 5.51. The Balaban J connectivity index is 1.54. The number of nitro groups is 1. The van der Waals surface area contributed by atoms with Gasteiger partial charge in [-0.3, -0.25) is 19.7 Å². The minimum atomic E-state index is -4.07. The maximum absolute atomic E-state index is 13.2. The topological polar surface area (TPSA) is 132 Å². The van der Waals surface area contributed by atoms with Crippen LogP contribution in [0.3, 0.4) is 0 Å². The standard InChI is InChI=1S/C24H26N4O6S/c1-17-9-11-26(12-10-17)24(30)15-27-14-22(20-7-2-3-8-21(20)27)35(33,34)16-23(29)25-18-5-4-6-19(13-18)28(31)32/h2-8,13-14,17H,9-12,15-16H2,1H3,(H,25,29). The van der Waals surface area contributed by atoms with Gasteiger partial charge in [-0.15, -0.1) is 0 Å². The number of piperidine rings is 1. The van der Waals surface area contributed by atoms with E-state index in [1.807, 2.05) is 0 Å². The molecule has 11 heteroatoms. The second-order valence-electron chi connectivity index (χ2n) is 8.82. The van der Waals surface area contributed by atoms with Crippen LogP contribution in [0.15, 0.2) is 59.6 Å². The van der Waals surface area contributed by atoms with E-state index in [2.05, 4.69) is 12.2 Å². The van der Waals surface area contributed by atoms with Crippen molar-refractivity contribution in [2.24, 2.45) is 5.92 Å². The molecule has 0 unspecified atom stereocenters. The number of fused-ring (bicyclic) bond motifs is 1. The highest BCUT2D eigenvalue weighted by atomic mass is 32.2. The number of anilines is 1. The summed E-state index contributed by atoms with van der Waals surface area (Å²) in [6, 6.07) is 12.1. The van der Waals surface area contributed by atoms with Gasteiger partial charge in [-0.2, -0.15) is 0 Å². The summed E-state index contributed by atoms with van der Waals surface area (Å²) in [6.07, 6.45) is 3.29. The van der Waals surface area contributed by atoms with E-state index in [0.29, 0.717) is 29.9 Å². The number of hydrogen-bond acceptors (Lipinski definition) is 6. The molecule has 4 rings (SSSR count). The van der Waals surface area contributed by atoms with E-state index < -0.39 is 26.4 Å². The lowest BCUT2D eigenvalue weighted by atomic mass is 9.99. The summed E-state index contributed by atoms with van der Waals surface area (Å²) in [5, 5.41) is 13.8. The minimum Gasteiger partial charge on any atom is -0.341 e. The molecule has 1 saturated heterocycles. The van der Waals surface area contributed by atoms with E-state index >= 15 is 0 Å². The average molecular weight is 499 g/mol. The molecule has 1 aromatic heterocycles. The smallest absolute Gasteiger partial charge is 0.271 e. The van der Waals surface area contributed by atoms with Crippen LogP contribution in [0.25, 0.3) is 10.9 Å². The van der Waals surface area contributed by atoms with E-state index in [0.717, 1.165) is 18.9 Å². The summed E-state index contributed by atoms with van der Waals surface area (Å²) in [6.45, 7) is 3.53. The highest BCUT2D eigenvalue weighted by Gasteiger charge is 2.26. The first-order valence-electron chi connectivity index (χ1n) is 11.3. The van der Waals surface area contributed by atoms with E-state index in [1.54, 1.807) is 33.7 Å². The highest BCUT2D eigenvalue weighted by molar-refractivity contribution is 7.92. The van der Waals surface area contributed by atoms with E-state index in [-0.39, 0.29) is 28.7 Å². The number of non-ortho nitro benzene ring substituents is 1.